The minimum absolute atomic E-state index is 0.0557. The van der Waals surface area contributed by atoms with Crippen molar-refractivity contribution >= 4 is 0 Å². The fraction of sp³-hybridized carbons (Fsp3) is 0.400. The first-order chi connectivity index (χ1) is 6.63. The van der Waals surface area contributed by atoms with Gasteiger partial charge in [0, 0.05) is 13.1 Å². The third-order valence-corrected chi connectivity index (χ3v) is 1.92. The van der Waals surface area contributed by atoms with Crippen LogP contribution in [0.4, 0.5) is 8.78 Å². The Morgan fingerprint density at radius 3 is 2.57 bits per heavy atom. The molecule has 0 aromatic heterocycles. The average Bonchev–Trinajstić information content (AvgIpc) is 2.12. The van der Waals surface area contributed by atoms with Gasteiger partial charge in [0.05, 0.1) is 6.61 Å². The number of nitrogens with zero attached hydrogens (tertiary/aromatic N) is 1. The summed E-state index contributed by atoms with van der Waals surface area (Å²) in [6.07, 6.45) is 0. The molecule has 0 spiro atoms. The minimum atomic E-state index is -0.835. The maximum Gasteiger partial charge on any atom is 0.159 e. The molecule has 0 aliphatic carbocycles. The Morgan fingerprint density at radius 2 is 2.00 bits per heavy atom. The lowest BCUT2D eigenvalue weighted by molar-refractivity contribution is 0.217. The molecule has 0 amide bonds. The highest BCUT2D eigenvalue weighted by Crippen LogP contribution is 2.09. The van der Waals surface area contributed by atoms with Gasteiger partial charge in [0.2, 0.25) is 0 Å². The van der Waals surface area contributed by atoms with Gasteiger partial charge < -0.3 is 5.11 Å². The number of aliphatic hydroxyl groups is 1. The normalized spacial score (nSPS) is 10.9. The topological polar surface area (TPSA) is 23.5 Å². The Labute approximate surface area is 81.8 Å². The van der Waals surface area contributed by atoms with E-state index in [1.807, 2.05) is 4.90 Å². The van der Waals surface area contributed by atoms with E-state index in [1.165, 1.54) is 12.1 Å². The van der Waals surface area contributed by atoms with Crippen LogP contribution in [-0.2, 0) is 6.54 Å². The van der Waals surface area contributed by atoms with E-state index in [2.05, 4.69) is 0 Å². The quantitative estimate of drug-likeness (QED) is 0.795. The van der Waals surface area contributed by atoms with Crippen LogP contribution < -0.4 is 0 Å². The van der Waals surface area contributed by atoms with Crippen molar-refractivity contribution in [3.63, 3.8) is 0 Å². The minimum Gasteiger partial charge on any atom is -0.395 e. The summed E-state index contributed by atoms with van der Waals surface area (Å²) >= 11 is 0. The number of halogens is 2. The Kier molecular flexibility index (Phi) is 3.98. The molecule has 2 nitrogen and oxygen atoms in total. The van der Waals surface area contributed by atoms with Crippen LogP contribution in [-0.4, -0.2) is 30.2 Å². The fourth-order valence-corrected chi connectivity index (χ4v) is 1.20. The van der Waals surface area contributed by atoms with Crippen LogP contribution in [0, 0.1) is 11.6 Å². The molecule has 0 aliphatic rings. The van der Waals surface area contributed by atoms with E-state index in [0.29, 0.717) is 18.7 Å². The van der Waals surface area contributed by atoms with Crippen LogP contribution in [0.1, 0.15) is 5.56 Å². The zero-order chi connectivity index (χ0) is 10.6. The lowest BCUT2D eigenvalue weighted by atomic mass is 10.2. The molecule has 1 aromatic carbocycles. The van der Waals surface area contributed by atoms with E-state index >= 15 is 0 Å². The van der Waals surface area contributed by atoms with Crippen molar-refractivity contribution in [2.75, 3.05) is 20.2 Å². The van der Waals surface area contributed by atoms with E-state index in [1.54, 1.807) is 7.05 Å². The standard InChI is InChI=1S/C10H13F2NO/c1-13(4-5-14)7-8-2-3-9(11)10(12)6-8/h2-3,6,14H,4-5,7H2,1H3. The highest BCUT2D eigenvalue weighted by atomic mass is 19.2. The lowest BCUT2D eigenvalue weighted by Gasteiger charge is -2.14. The number of benzene rings is 1. The van der Waals surface area contributed by atoms with Crippen LogP contribution in [0.2, 0.25) is 0 Å². The van der Waals surface area contributed by atoms with Crippen LogP contribution in [0.15, 0.2) is 18.2 Å². The fourth-order valence-electron chi connectivity index (χ4n) is 1.20. The molecule has 0 aliphatic heterocycles. The summed E-state index contributed by atoms with van der Waals surface area (Å²) in [5.74, 6) is -1.67. The van der Waals surface area contributed by atoms with Crippen molar-refractivity contribution in [2.24, 2.45) is 0 Å². The zero-order valence-corrected chi connectivity index (χ0v) is 8.00. The molecule has 1 aromatic rings. The van der Waals surface area contributed by atoms with Crippen LogP contribution in [0.5, 0.6) is 0 Å². The van der Waals surface area contributed by atoms with E-state index in [0.717, 1.165) is 6.07 Å². The van der Waals surface area contributed by atoms with E-state index in [9.17, 15) is 8.78 Å². The first kappa shape index (κ1) is 11.1. The van der Waals surface area contributed by atoms with Gasteiger partial charge >= 0.3 is 0 Å². The van der Waals surface area contributed by atoms with E-state index in [-0.39, 0.29) is 6.61 Å². The molecule has 0 bridgehead atoms. The number of hydrogen-bond donors (Lipinski definition) is 1. The van der Waals surface area contributed by atoms with Gasteiger partial charge in [-0.2, -0.15) is 0 Å². The van der Waals surface area contributed by atoms with Crippen molar-refractivity contribution in [1.82, 2.24) is 4.90 Å². The second-order valence-electron chi connectivity index (χ2n) is 3.21. The SMILES string of the molecule is CN(CCO)Cc1ccc(F)c(F)c1. The molecule has 0 saturated carbocycles. The van der Waals surface area contributed by atoms with Crippen molar-refractivity contribution in [2.45, 2.75) is 6.54 Å². The number of hydrogen-bond acceptors (Lipinski definition) is 2. The monoisotopic (exact) mass is 201 g/mol. The second kappa shape index (κ2) is 5.02. The van der Waals surface area contributed by atoms with Gasteiger partial charge in [0.15, 0.2) is 11.6 Å². The second-order valence-corrected chi connectivity index (χ2v) is 3.21. The van der Waals surface area contributed by atoms with Crippen molar-refractivity contribution in [1.29, 1.82) is 0 Å². The molecule has 0 atom stereocenters. The Bertz CT molecular complexity index is 304. The summed E-state index contributed by atoms with van der Waals surface area (Å²) < 4.78 is 25.3. The molecule has 14 heavy (non-hydrogen) atoms. The molecule has 0 fully saturated rings. The lowest BCUT2D eigenvalue weighted by Crippen LogP contribution is -2.21. The van der Waals surface area contributed by atoms with E-state index in [4.69, 9.17) is 5.11 Å². The summed E-state index contributed by atoms with van der Waals surface area (Å²) in [5, 5.41) is 8.64. The average molecular weight is 201 g/mol. The number of rotatable bonds is 4. The summed E-state index contributed by atoms with van der Waals surface area (Å²) in [6, 6.07) is 3.81. The van der Waals surface area contributed by atoms with Gasteiger partial charge in [-0.25, -0.2) is 8.78 Å². The third-order valence-electron chi connectivity index (χ3n) is 1.92. The van der Waals surface area contributed by atoms with Gasteiger partial charge in [-0.3, -0.25) is 4.90 Å². The highest BCUT2D eigenvalue weighted by Gasteiger charge is 2.04. The van der Waals surface area contributed by atoms with Gasteiger partial charge in [0.1, 0.15) is 0 Å². The van der Waals surface area contributed by atoms with Crippen molar-refractivity contribution in [3.8, 4) is 0 Å². The molecular weight excluding hydrogens is 188 g/mol. The van der Waals surface area contributed by atoms with Gasteiger partial charge in [-0.1, -0.05) is 6.07 Å². The highest BCUT2D eigenvalue weighted by molar-refractivity contribution is 5.17. The van der Waals surface area contributed by atoms with Gasteiger partial charge in [-0.05, 0) is 24.7 Å². The zero-order valence-electron chi connectivity index (χ0n) is 8.00. The smallest absolute Gasteiger partial charge is 0.159 e. The predicted octanol–water partition coefficient (Wildman–Crippen LogP) is 1.39. The predicted molar refractivity (Wildman–Crippen MR) is 49.8 cm³/mol. The summed E-state index contributed by atoms with van der Waals surface area (Å²) in [6.45, 7) is 1.07. The summed E-state index contributed by atoms with van der Waals surface area (Å²) in [5.41, 5.74) is 0.694. The molecular formula is C10H13F2NO. The van der Waals surface area contributed by atoms with Crippen molar-refractivity contribution in [3.05, 3.63) is 35.4 Å². The first-order valence-electron chi connectivity index (χ1n) is 4.37. The van der Waals surface area contributed by atoms with Gasteiger partial charge in [0.25, 0.3) is 0 Å². The molecule has 0 saturated heterocycles. The Hall–Kier alpha value is -1.00. The molecule has 1 N–H and O–H groups in total. The van der Waals surface area contributed by atoms with Crippen LogP contribution >= 0.6 is 0 Å². The summed E-state index contributed by atoms with van der Waals surface area (Å²) in [7, 11) is 1.80. The molecule has 4 heteroatoms. The third kappa shape index (κ3) is 3.05. The van der Waals surface area contributed by atoms with E-state index < -0.39 is 11.6 Å². The van der Waals surface area contributed by atoms with Crippen LogP contribution in [0.3, 0.4) is 0 Å². The molecule has 0 unspecified atom stereocenters. The largest absolute Gasteiger partial charge is 0.395 e. The maximum absolute atomic E-state index is 12.8. The number of likely N-dealkylation sites (N-methyl/N-ethyl adjacent to an activating group) is 1. The number of aliphatic hydroxyl groups excluding tert-OH is 1. The molecule has 0 heterocycles. The van der Waals surface area contributed by atoms with Gasteiger partial charge in [-0.15, -0.1) is 0 Å². The Balaban J connectivity index is 2.63. The van der Waals surface area contributed by atoms with Crippen LogP contribution in [0.25, 0.3) is 0 Å². The molecule has 78 valence electrons. The summed E-state index contributed by atoms with van der Waals surface area (Å²) in [4.78, 5) is 1.83. The van der Waals surface area contributed by atoms with Crippen molar-refractivity contribution < 1.29 is 13.9 Å². The molecule has 1 rings (SSSR count). The Morgan fingerprint density at radius 1 is 1.29 bits per heavy atom. The molecule has 0 radical (unpaired) electrons. The maximum atomic E-state index is 12.8. The first-order valence-corrected chi connectivity index (χ1v) is 4.37.